The molecule has 0 saturated heterocycles. The highest BCUT2D eigenvalue weighted by atomic mass is 79.9. The lowest BCUT2D eigenvalue weighted by Crippen LogP contribution is -2.43. The molecule has 0 spiro atoms. The molecule has 1 atom stereocenters. The van der Waals surface area contributed by atoms with Gasteiger partial charge in [0.2, 0.25) is 0 Å². The summed E-state index contributed by atoms with van der Waals surface area (Å²) in [6.45, 7) is 4.70. The van der Waals surface area contributed by atoms with Crippen molar-refractivity contribution in [2.24, 2.45) is 5.73 Å². The topological polar surface area (TPSA) is 64.2 Å². The molecule has 0 aliphatic carbocycles. The standard InChI is InChI=1S/C19H19BrN4O/c1-2-4-14(7-8-21)11-23-12-17-10-22-13-24(17)18(19(23)25)15-5-3-6-16(20)9-15/h2-10,13,18H,1,11-12,21H2/b8-7-,14-4+. The van der Waals surface area contributed by atoms with Crippen molar-refractivity contribution in [2.45, 2.75) is 12.6 Å². The lowest BCUT2D eigenvalue weighted by atomic mass is 10.0. The van der Waals surface area contributed by atoms with Crippen LogP contribution in [0.5, 0.6) is 0 Å². The highest BCUT2D eigenvalue weighted by Gasteiger charge is 2.34. The molecule has 6 heteroatoms. The lowest BCUT2D eigenvalue weighted by molar-refractivity contribution is -0.135. The minimum absolute atomic E-state index is 0.0315. The minimum Gasteiger partial charge on any atom is -0.405 e. The molecule has 1 amide bonds. The predicted molar refractivity (Wildman–Crippen MR) is 102 cm³/mol. The summed E-state index contributed by atoms with van der Waals surface area (Å²) < 4.78 is 2.88. The first kappa shape index (κ1) is 17.2. The van der Waals surface area contributed by atoms with Crippen LogP contribution >= 0.6 is 15.9 Å². The van der Waals surface area contributed by atoms with Crippen LogP contribution in [-0.2, 0) is 11.3 Å². The Morgan fingerprint density at radius 3 is 3.04 bits per heavy atom. The van der Waals surface area contributed by atoms with E-state index in [-0.39, 0.29) is 5.91 Å². The molecule has 1 aromatic heterocycles. The number of amides is 1. The van der Waals surface area contributed by atoms with E-state index in [0.717, 1.165) is 21.3 Å². The summed E-state index contributed by atoms with van der Waals surface area (Å²) >= 11 is 3.48. The number of imidazole rings is 1. The van der Waals surface area contributed by atoms with Crippen LogP contribution in [0.25, 0.3) is 0 Å². The number of allylic oxidation sites excluding steroid dienone is 2. The number of nitrogens with zero attached hydrogens (tertiary/aromatic N) is 3. The fourth-order valence-corrected chi connectivity index (χ4v) is 3.44. The summed E-state index contributed by atoms with van der Waals surface area (Å²) in [5.74, 6) is 0.0315. The van der Waals surface area contributed by atoms with Gasteiger partial charge in [0, 0.05) is 17.2 Å². The summed E-state index contributed by atoms with van der Waals surface area (Å²) in [6.07, 6.45) is 10.3. The van der Waals surface area contributed by atoms with Crippen molar-refractivity contribution in [3.8, 4) is 0 Å². The van der Waals surface area contributed by atoms with Crippen molar-refractivity contribution >= 4 is 21.8 Å². The Kier molecular flexibility index (Phi) is 5.19. The van der Waals surface area contributed by atoms with E-state index >= 15 is 0 Å². The minimum atomic E-state index is -0.421. The molecule has 1 unspecified atom stereocenters. The van der Waals surface area contributed by atoms with Crippen LogP contribution in [0.2, 0.25) is 0 Å². The van der Waals surface area contributed by atoms with E-state index in [1.807, 2.05) is 39.8 Å². The maximum Gasteiger partial charge on any atom is 0.250 e. The van der Waals surface area contributed by atoms with Gasteiger partial charge in [0.15, 0.2) is 0 Å². The Morgan fingerprint density at radius 1 is 1.48 bits per heavy atom. The predicted octanol–water partition coefficient (Wildman–Crippen LogP) is 3.16. The van der Waals surface area contributed by atoms with Crippen LogP contribution in [0, 0.1) is 0 Å². The summed E-state index contributed by atoms with van der Waals surface area (Å²) in [5.41, 5.74) is 8.36. The van der Waals surface area contributed by atoms with Crippen molar-refractivity contribution in [1.82, 2.24) is 14.5 Å². The average molecular weight is 399 g/mol. The molecule has 25 heavy (non-hydrogen) atoms. The third-order valence-corrected chi connectivity index (χ3v) is 4.60. The Bertz CT molecular complexity index is 853. The van der Waals surface area contributed by atoms with Gasteiger partial charge in [-0.1, -0.05) is 46.8 Å². The van der Waals surface area contributed by atoms with Crippen molar-refractivity contribution in [1.29, 1.82) is 0 Å². The van der Waals surface area contributed by atoms with Crippen LogP contribution in [0.3, 0.4) is 0 Å². The van der Waals surface area contributed by atoms with E-state index in [4.69, 9.17) is 5.73 Å². The van der Waals surface area contributed by atoms with Gasteiger partial charge < -0.3 is 15.2 Å². The van der Waals surface area contributed by atoms with Crippen molar-refractivity contribution in [2.75, 3.05) is 6.54 Å². The molecule has 2 aromatic rings. The molecule has 1 aromatic carbocycles. The Balaban J connectivity index is 1.98. The van der Waals surface area contributed by atoms with Crippen LogP contribution < -0.4 is 5.73 Å². The number of rotatable bonds is 5. The zero-order chi connectivity index (χ0) is 17.8. The number of hydrogen-bond acceptors (Lipinski definition) is 3. The van der Waals surface area contributed by atoms with Gasteiger partial charge in [0.25, 0.3) is 5.91 Å². The fraction of sp³-hybridized carbons (Fsp3) is 0.158. The number of carbonyl (C=O) groups is 1. The average Bonchev–Trinajstić information content (AvgIpc) is 3.03. The van der Waals surface area contributed by atoms with E-state index in [1.54, 1.807) is 24.7 Å². The molecule has 0 saturated carbocycles. The molecule has 128 valence electrons. The van der Waals surface area contributed by atoms with Crippen molar-refractivity contribution in [3.63, 3.8) is 0 Å². The molecule has 1 aliphatic rings. The number of hydrogen-bond donors (Lipinski definition) is 1. The van der Waals surface area contributed by atoms with Crippen LogP contribution in [0.15, 0.2) is 77.8 Å². The SMILES string of the molecule is C=C/C=C(\C=C/N)CN1Cc2cncn2C(c2cccc(Br)c2)C1=O. The monoisotopic (exact) mass is 398 g/mol. The molecule has 2 heterocycles. The largest absolute Gasteiger partial charge is 0.405 e. The molecule has 5 nitrogen and oxygen atoms in total. The molecular formula is C19H19BrN4O. The van der Waals surface area contributed by atoms with E-state index < -0.39 is 6.04 Å². The second kappa shape index (κ2) is 7.53. The van der Waals surface area contributed by atoms with Gasteiger partial charge in [-0.25, -0.2) is 4.98 Å². The Morgan fingerprint density at radius 2 is 2.32 bits per heavy atom. The number of halogens is 1. The van der Waals surface area contributed by atoms with Crippen LogP contribution in [-0.4, -0.2) is 26.9 Å². The second-order valence-corrected chi connectivity index (χ2v) is 6.70. The van der Waals surface area contributed by atoms with Gasteiger partial charge in [-0.15, -0.1) is 0 Å². The Hall–Kier alpha value is -2.60. The van der Waals surface area contributed by atoms with Crippen molar-refractivity contribution < 1.29 is 4.79 Å². The first-order valence-corrected chi connectivity index (χ1v) is 8.68. The lowest BCUT2D eigenvalue weighted by Gasteiger charge is -2.34. The quantitative estimate of drug-likeness (QED) is 0.786. The number of benzene rings is 1. The molecule has 0 fully saturated rings. The first-order chi connectivity index (χ1) is 12.1. The Labute approximate surface area is 155 Å². The smallest absolute Gasteiger partial charge is 0.250 e. The summed E-state index contributed by atoms with van der Waals surface area (Å²) in [7, 11) is 0. The normalized spacial score (nSPS) is 17.8. The van der Waals surface area contributed by atoms with E-state index in [9.17, 15) is 4.79 Å². The van der Waals surface area contributed by atoms with E-state index in [1.165, 1.54) is 6.20 Å². The number of nitrogens with two attached hydrogens (primary N) is 1. The third-order valence-electron chi connectivity index (χ3n) is 4.10. The van der Waals surface area contributed by atoms with Gasteiger partial charge in [0.05, 0.1) is 18.6 Å². The van der Waals surface area contributed by atoms with Gasteiger partial charge in [-0.3, -0.25) is 4.79 Å². The van der Waals surface area contributed by atoms with Crippen LogP contribution in [0.4, 0.5) is 0 Å². The van der Waals surface area contributed by atoms with Gasteiger partial charge in [0.1, 0.15) is 6.04 Å². The second-order valence-electron chi connectivity index (χ2n) is 5.78. The summed E-state index contributed by atoms with van der Waals surface area (Å²) in [5, 5.41) is 0. The molecule has 3 rings (SSSR count). The number of aromatic nitrogens is 2. The number of carbonyl (C=O) groups excluding carboxylic acids is 1. The van der Waals surface area contributed by atoms with E-state index in [2.05, 4.69) is 27.5 Å². The highest BCUT2D eigenvalue weighted by Crippen LogP contribution is 2.30. The molecular weight excluding hydrogens is 380 g/mol. The zero-order valence-electron chi connectivity index (χ0n) is 13.7. The van der Waals surface area contributed by atoms with Gasteiger partial charge >= 0.3 is 0 Å². The maximum absolute atomic E-state index is 13.2. The van der Waals surface area contributed by atoms with Crippen molar-refractivity contribution in [3.05, 3.63) is 89.1 Å². The zero-order valence-corrected chi connectivity index (χ0v) is 15.3. The maximum atomic E-state index is 13.2. The summed E-state index contributed by atoms with van der Waals surface area (Å²) in [6, 6.07) is 7.38. The van der Waals surface area contributed by atoms with Crippen LogP contribution in [0.1, 0.15) is 17.3 Å². The molecule has 1 aliphatic heterocycles. The molecule has 2 N–H and O–H groups in total. The third kappa shape index (κ3) is 3.58. The van der Waals surface area contributed by atoms with Gasteiger partial charge in [-0.05, 0) is 35.5 Å². The van der Waals surface area contributed by atoms with E-state index in [0.29, 0.717) is 13.1 Å². The molecule has 0 bridgehead atoms. The number of fused-ring (bicyclic) bond motifs is 1. The molecule has 0 radical (unpaired) electrons. The fourth-order valence-electron chi connectivity index (χ4n) is 3.02. The summed E-state index contributed by atoms with van der Waals surface area (Å²) in [4.78, 5) is 19.2. The first-order valence-electron chi connectivity index (χ1n) is 7.89. The highest BCUT2D eigenvalue weighted by molar-refractivity contribution is 9.10. The van der Waals surface area contributed by atoms with Gasteiger partial charge in [-0.2, -0.15) is 0 Å².